The van der Waals surface area contributed by atoms with E-state index < -0.39 is 14.9 Å². The largest absolute Gasteiger partial charge is 0.280 e. The number of non-ortho nitro benzene ring substituents is 1. The molecule has 8 heteroatoms. The highest BCUT2D eigenvalue weighted by atomic mass is 127. The summed E-state index contributed by atoms with van der Waals surface area (Å²) in [5.41, 5.74) is 0.138. The van der Waals surface area contributed by atoms with Crippen LogP contribution >= 0.6 is 22.6 Å². The van der Waals surface area contributed by atoms with E-state index in [0.717, 1.165) is 9.64 Å². The standard InChI is InChI=1S/C12H9IN2O4S/c13-9-3-1-4-10(7-9)14-20(18,19)12-6-2-5-11(8-12)15(16)17/h1-8,14H. The molecule has 0 aromatic heterocycles. The Hall–Kier alpha value is -1.68. The molecular weight excluding hydrogens is 395 g/mol. The van der Waals surface area contributed by atoms with Crippen LogP contribution in [0.2, 0.25) is 0 Å². The Morgan fingerprint density at radius 2 is 1.80 bits per heavy atom. The van der Waals surface area contributed by atoms with Crippen LogP contribution in [0, 0.1) is 13.7 Å². The Morgan fingerprint density at radius 3 is 2.45 bits per heavy atom. The molecule has 2 rings (SSSR count). The Labute approximate surface area is 129 Å². The van der Waals surface area contributed by atoms with Crippen LogP contribution in [0.4, 0.5) is 11.4 Å². The average Bonchev–Trinajstić information content (AvgIpc) is 2.38. The van der Waals surface area contributed by atoms with E-state index in [1.54, 1.807) is 18.2 Å². The Kier molecular flexibility index (Phi) is 4.23. The van der Waals surface area contributed by atoms with Crippen LogP contribution in [-0.2, 0) is 10.0 Å². The maximum absolute atomic E-state index is 12.2. The third-order valence-electron chi connectivity index (χ3n) is 2.42. The topological polar surface area (TPSA) is 89.3 Å². The van der Waals surface area contributed by atoms with E-state index in [0.29, 0.717) is 5.69 Å². The van der Waals surface area contributed by atoms with Gasteiger partial charge in [-0.2, -0.15) is 0 Å². The van der Waals surface area contributed by atoms with Crippen molar-refractivity contribution in [2.24, 2.45) is 0 Å². The zero-order valence-electron chi connectivity index (χ0n) is 9.99. The van der Waals surface area contributed by atoms with Gasteiger partial charge in [-0.25, -0.2) is 8.42 Å². The molecular formula is C12H9IN2O4S. The minimum absolute atomic E-state index is 0.148. The van der Waals surface area contributed by atoms with Crippen molar-refractivity contribution in [3.63, 3.8) is 0 Å². The SMILES string of the molecule is O=[N+]([O-])c1cccc(S(=O)(=O)Nc2cccc(I)c2)c1. The first kappa shape index (κ1) is 14.7. The van der Waals surface area contributed by atoms with E-state index in [1.165, 1.54) is 18.2 Å². The molecule has 6 nitrogen and oxygen atoms in total. The van der Waals surface area contributed by atoms with Crippen LogP contribution < -0.4 is 4.72 Å². The summed E-state index contributed by atoms with van der Waals surface area (Å²) in [5, 5.41) is 10.7. The van der Waals surface area contributed by atoms with Crippen LogP contribution in [-0.4, -0.2) is 13.3 Å². The van der Waals surface area contributed by atoms with E-state index in [-0.39, 0.29) is 10.6 Å². The first-order chi connectivity index (χ1) is 9.38. The van der Waals surface area contributed by atoms with Gasteiger partial charge in [0.05, 0.1) is 9.82 Å². The molecule has 0 aliphatic rings. The molecule has 0 saturated carbocycles. The van der Waals surface area contributed by atoms with Crippen molar-refractivity contribution in [3.8, 4) is 0 Å². The third-order valence-corrected chi connectivity index (χ3v) is 4.47. The van der Waals surface area contributed by atoms with Gasteiger partial charge in [-0.05, 0) is 46.9 Å². The van der Waals surface area contributed by atoms with Crippen molar-refractivity contribution < 1.29 is 13.3 Å². The monoisotopic (exact) mass is 404 g/mol. The molecule has 0 heterocycles. The number of hydrogen-bond donors (Lipinski definition) is 1. The molecule has 0 amide bonds. The van der Waals surface area contributed by atoms with Gasteiger partial charge in [-0.15, -0.1) is 0 Å². The minimum atomic E-state index is -3.84. The molecule has 0 bridgehead atoms. The first-order valence-electron chi connectivity index (χ1n) is 5.41. The fourth-order valence-corrected chi connectivity index (χ4v) is 3.16. The molecule has 2 aromatic rings. The fraction of sp³-hybridized carbons (Fsp3) is 0. The summed E-state index contributed by atoms with van der Waals surface area (Å²) < 4.78 is 27.6. The van der Waals surface area contributed by atoms with Gasteiger partial charge in [0, 0.05) is 21.4 Å². The number of halogens is 1. The second kappa shape index (κ2) is 5.75. The number of nitro groups is 1. The second-order valence-corrected chi connectivity index (χ2v) is 6.80. The molecule has 0 spiro atoms. The summed E-state index contributed by atoms with van der Waals surface area (Å²) in [5.74, 6) is 0. The predicted molar refractivity (Wildman–Crippen MR) is 83.1 cm³/mol. The number of anilines is 1. The Bertz CT molecular complexity index is 762. The molecule has 2 aromatic carbocycles. The molecule has 1 N–H and O–H groups in total. The van der Waals surface area contributed by atoms with Gasteiger partial charge >= 0.3 is 0 Å². The van der Waals surface area contributed by atoms with Gasteiger partial charge in [0.25, 0.3) is 15.7 Å². The highest BCUT2D eigenvalue weighted by Crippen LogP contribution is 2.21. The highest BCUT2D eigenvalue weighted by Gasteiger charge is 2.17. The maximum atomic E-state index is 12.2. The molecule has 0 saturated heterocycles. The van der Waals surface area contributed by atoms with Crippen LogP contribution in [0.15, 0.2) is 53.4 Å². The lowest BCUT2D eigenvalue weighted by molar-refractivity contribution is -0.385. The Morgan fingerprint density at radius 1 is 1.10 bits per heavy atom. The van der Waals surface area contributed by atoms with Crippen molar-refractivity contribution in [1.29, 1.82) is 0 Å². The lowest BCUT2D eigenvalue weighted by atomic mass is 10.3. The smallest absolute Gasteiger partial charge is 0.270 e. The molecule has 0 radical (unpaired) electrons. The summed E-state index contributed by atoms with van der Waals surface area (Å²) in [6.07, 6.45) is 0. The van der Waals surface area contributed by atoms with Crippen molar-refractivity contribution >= 4 is 44.0 Å². The molecule has 0 fully saturated rings. The number of nitrogens with one attached hydrogen (secondary N) is 1. The van der Waals surface area contributed by atoms with Gasteiger partial charge in [0.2, 0.25) is 0 Å². The normalized spacial score (nSPS) is 11.1. The van der Waals surface area contributed by atoms with Gasteiger partial charge in [0.1, 0.15) is 0 Å². The van der Waals surface area contributed by atoms with E-state index in [4.69, 9.17) is 0 Å². The summed E-state index contributed by atoms with van der Waals surface area (Å²) in [4.78, 5) is 9.89. The Balaban J connectivity index is 2.35. The lowest BCUT2D eigenvalue weighted by Crippen LogP contribution is -2.13. The van der Waals surface area contributed by atoms with E-state index >= 15 is 0 Å². The number of sulfonamides is 1. The molecule has 0 aliphatic carbocycles. The second-order valence-electron chi connectivity index (χ2n) is 3.87. The quantitative estimate of drug-likeness (QED) is 0.482. The van der Waals surface area contributed by atoms with Crippen LogP contribution in [0.5, 0.6) is 0 Å². The van der Waals surface area contributed by atoms with Gasteiger partial charge in [-0.1, -0.05) is 12.1 Å². The molecule has 0 aliphatic heterocycles. The van der Waals surface area contributed by atoms with E-state index in [2.05, 4.69) is 27.3 Å². The van der Waals surface area contributed by atoms with Gasteiger partial charge < -0.3 is 0 Å². The summed E-state index contributed by atoms with van der Waals surface area (Å²) in [7, 11) is -3.84. The fourth-order valence-electron chi connectivity index (χ4n) is 1.53. The van der Waals surface area contributed by atoms with Crippen molar-refractivity contribution in [2.75, 3.05) is 4.72 Å². The van der Waals surface area contributed by atoms with Crippen molar-refractivity contribution in [3.05, 3.63) is 62.2 Å². The third kappa shape index (κ3) is 3.45. The van der Waals surface area contributed by atoms with Gasteiger partial charge in [-0.3, -0.25) is 14.8 Å². The number of benzene rings is 2. The maximum Gasteiger partial charge on any atom is 0.270 e. The molecule has 20 heavy (non-hydrogen) atoms. The van der Waals surface area contributed by atoms with Crippen LogP contribution in [0.3, 0.4) is 0 Å². The summed E-state index contributed by atoms with van der Waals surface area (Å²) >= 11 is 2.06. The number of hydrogen-bond acceptors (Lipinski definition) is 4. The van der Waals surface area contributed by atoms with Crippen molar-refractivity contribution in [1.82, 2.24) is 0 Å². The summed E-state index contributed by atoms with van der Waals surface area (Å²) in [6.45, 7) is 0. The minimum Gasteiger partial charge on any atom is -0.280 e. The summed E-state index contributed by atoms with van der Waals surface area (Å²) in [6, 6.07) is 11.7. The predicted octanol–water partition coefficient (Wildman–Crippen LogP) is 3.00. The van der Waals surface area contributed by atoms with Gasteiger partial charge in [0.15, 0.2) is 0 Å². The van der Waals surface area contributed by atoms with E-state index in [1.807, 2.05) is 6.07 Å². The first-order valence-corrected chi connectivity index (χ1v) is 7.97. The van der Waals surface area contributed by atoms with Crippen LogP contribution in [0.25, 0.3) is 0 Å². The van der Waals surface area contributed by atoms with Crippen LogP contribution in [0.1, 0.15) is 0 Å². The average molecular weight is 404 g/mol. The number of nitrogens with zero attached hydrogens (tertiary/aromatic N) is 1. The number of rotatable bonds is 4. The zero-order chi connectivity index (χ0) is 14.8. The van der Waals surface area contributed by atoms with Crippen molar-refractivity contribution in [2.45, 2.75) is 4.90 Å². The highest BCUT2D eigenvalue weighted by molar-refractivity contribution is 14.1. The molecule has 0 atom stereocenters. The molecule has 104 valence electrons. The number of nitro benzene ring substituents is 1. The zero-order valence-corrected chi connectivity index (χ0v) is 13.0. The lowest BCUT2D eigenvalue weighted by Gasteiger charge is -2.08. The molecule has 0 unspecified atom stereocenters. The van der Waals surface area contributed by atoms with E-state index in [9.17, 15) is 18.5 Å².